The average molecular weight is 304 g/mol. The van der Waals surface area contributed by atoms with Crippen LogP contribution in [0.4, 0.5) is 0 Å². The number of rotatable bonds is 3. The van der Waals surface area contributed by atoms with Crippen LogP contribution >= 0.6 is 23.2 Å². The number of carbonyl (C=O) groups excluding carboxylic acids is 1. The number of methoxy groups -OCH3 is 1. The van der Waals surface area contributed by atoms with Gasteiger partial charge in [-0.3, -0.25) is 4.79 Å². The molecule has 1 heterocycles. The van der Waals surface area contributed by atoms with Gasteiger partial charge in [-0.05, 0) is 11.6 Å². The van der Waals surface area contributed by atoms with E-state index in [1.165, 1.54) is 7.11 Å². The second-order valence-corrected chi connectivity index (χ2v) is 5.06. The van der Waals surface area contributed by atoms with E-state index >= 15 is 0 Å². The van der Waals surface area contributed by atoms with Crippen molar-refractivity contribution in [2.45, 2.75) is 6.42 Å². The third kappa shape index (κ3) is 3.53. The highest BCUT2D eigenvalue weighted by Crippen LogP contribution is 2.31. The summed E-state index contributed by atoms with van der Waals surface area (Å²) in [4.78, 5) is 13.9. The van der Waals surface area contributed by atoms with E-state index < -0.39 is 0 Å². The molecule has 0 bridgehead atoms. The van der Waals surface area contributed by atoms with Crippen molar-refractivity contribution in [1.29, 1.82) is 0 Å². The van der Waals surface area contributed by atoms with Crippen LogP contribution in [0.25, 0.3) is 0 Å². The SMILES string of the molecule is COc1cc(Cl)c(CC(=O)N2CCOCC2)cc1Cl. The van der Waals surface area contributed by atoms with Crippen molar-refractivity contribution in [2.24, 2.45) is 0 Å². The van der Waals surface area contributed by atoms with E-state index in [2.05, 4.69) is 0 Å². The minimum absolute atomic E-state index is 0.0337. The zero-order valence-electron chi connectivity index (χ0n) is 10.6. The maximum Gasteiger partial charge on any atom is 0.227 e. The maximum atomic E-state index is 12.1. The Balaban J connectivity index is 2.10. The number of amides is 1. The van der Waals surface area contributed by atoms with Crippen LogP contribution in [0.1, 0.15) is 5.56 Å². The molecule has 1 aliphatic heterocycles. The van der Waals surface area contributed by atoms with Gasteiger partial charge in [0.2, 0.25) is 5.91 Å². The molecule has 4 nitrogen and oxygen atoms in total. The summed E-state index contributed by atoms with van der Waals surface area (Å²) in [5, 5.41) is 0.944. The molecule has 0 aliphatic carbocycles. The first kappa shape index (κ1) is 14.4. The quantitative estimate of drug-likeness (QED) is 0.861. The summed E-state index contributed by atoms with van der Waals surface area (Å²) in [6.45, 7) is 2.42. The van der Waals surface area contributed by atoms with Crippen LogP contribution in [0.3, 0.4) is 0 Å². The van der Waals surface area contributed by atoms with E-state index in [4.69, 9.17) is 32.7 Å². The number of benzene rings is 1. The molecule has 1 saturated heterocycles. The van der Waals surface area contributed by atoms with Crippen LogP contribution in [0, 0.1) is 0 Å². The van der Waals surface area contributed by atoms with Crippen LogP contribution in [0.15, 0.2) is 12.1 Å². The van der Waals surface area contributed by atoms with Crippen molar-refractivity contribution in [3.8, 4) is 5.75 Å². The van der Waals surface area contributed by atoms with E-state index in [0.717, 1.165) is 0 Å². The van der Waals surface area contributed by atoms with Crippen molar-refractivity contribution in [3.05, 3.63) is 27.7 Å². The van der Waals surface area contributed by atoms with Gasteiger partial charge in [0.1, 0.15) is 5.75 Å². The second-order valence-electron chi connectivity index (χ2n) is 4.25. The van der Waals surface area contributed by atoms with Crippen LogP contribution in [-0.2, 0) is 16.0 Å². The average Bonchev–Trinajstić information content (AvgIpc) is 2.43. The van der Waals surface area contributed by atoms with Gasteiger partial charge >= 0.3 is 0 Å². The minimum Gasteiger partial charge on any atom is -0.495 e. The van der Waals surface area contributed by atoms with Gasteiger partial charge in [-0.15, -0.1) is 0 Å². The highest BCUT2D eigenvalue weighted by molar-refractivity contribution is 6.34. The number of ether oxygens (including phenoxy) is 2. The highest BCUT2D eigenvalue weighted by atomic mass is 35.5. The lowest BCUT2D eigenvalue weighted by atomic mass is 10.1. The summed E-state index contributed by atoms with van der Waals surface area (Å²) >= 11 is 12.2. The van der Waals surface area contributed by atoms with Crippen LogP contribution in [-0.4, -0.2) is 44.2 Å². The molecule has 0 N–H and O–H groups in total. The number of morpholine rings is 1. The van der Waals surface area contributed by atoms with Gasteiger partial charge in [0.25, 0.3) is 0 Å². The molecule has 104 valence electrons. The molecule has 0 radical (unpaired) electrons. The monoisotopic (exact) mass is 303 g/mol. The van der Waals surface area contributed by atoms with Gasteiger partial charge < -0.3 is 14.4 Å². The molecule has 1 aromatic carbocycles. The Hall–Kier alpha value is -0.970. The first-order valence-electron chi connectivity index (χ1n) is 5.99. The normalized spacial score (nSPS) is 15.4. The van der Waals surface area contributed by atoms with Crippen molar-refractivity contribution in [3.63, 3.8) is 0 Å². The summed E-state index contributed by atoms with van der Waals surface area (Å²) < 4.78 is 10.3. The molecule has 0 aromatic heterocycles. The fourth-order valence-corrected chi connectivity index (χ4v) is 2.43. The summed E-state index contributed by atoms with van der Waals surface area (Å²) in [5.41, 5.74) is 0.712. The Morgan fingerprint density at radius 2 is 2.00 bits per heavy atom. The molecule has 6 heteroatoms. The summed E-state index contributed by atoms with van der Waals surface area (Å²) in [5.74, 6) is 0.542. The van der Waals surface area contributed by atoms with Gasteiger partial charge in [-0.2, -0.15) is 0 Å². The number of nitrogens with zero attached hydrogens (tertiary/aromatic N) is 1. The van der Waals surface area contributed by atoms with E-state index in [9.17, 15) is 4.79 Å². The van der Waals surface area contributed by atoms with Crippen molar-refractivity contribution in [1.82, 2.24) is 4.90 Å². The molecule has 0 unspecified atom stereocenters. The van der Waals surface area contributed by atoms with Gasteiger partial charge in [-0.1, -0.05) is 23.2 Å². The van der Waals surface area contributed by atoms with Gasteiger partial charge in [0, 0.05) is 24.2 Å². The lowest BCUT2D eigenvalue weighted by molar-refractivity contribution is -0.134. The number of halogens is 2. The Bertz CT molecular complexity index is 473. The topological polar surface area (TPSA) is 38.8 Å². The lowest BCUT2D eigenvalue weighted by Gasteiger charge is -2.27. The zero-order chi connectivity index (χ0) is 13.8. The first-order chi connectivity index (χ1) is 9.11. The largest absolute Gasteiger partial charge is 0.495 e. The van der Waals surface area contributed by atoms with Gasteiger partial charge in [0.05, 0.1) is 31.8 Å². The van der Waals surface area contributed by atoms with Crippen LogP contribution in [0.2, 0.25) is 10.0 Å². The molecular weight excluding hydrogens is 289 g/mol. The van der Waals surface area contributed by atoms with E-state index in [1.54, 1.807) is 17.0 Å². The Labute approximate surface area is 122 Å². The van der Waals surface area contributed by atoms with Crippen LogP contribution in [0.5, 0.6) is 5.75 Å². The molecule has 0 atom stereocenters. The van der Waals surface area contributed by atoms with E-state index in [-0.39, 0.29) is 12.3 Å². The maximum absolute atomic E-state index is 12.1. The Morgan fingerprint density at radius 1 is 1.32 bits per heavy atom. The molecule has 2 rings (SSSR count). The predicted octanol–water partition coefficient (Wildman–Crippen LogP) is 2.40. The highest BCUT2D eigenvalue weighted by Gasteiger charge is 2.19. The molecule has 1 aromatic rings. The van der Waals surface area contributed by atoms with Crippen molar-refractivity contribution in [2.75, 3.05) is 33.4 Å². The molecule has 0 saturated carbocycles. The molecule has 1 amide bonds. The summed E-state index contributed by atoms with van der Waals surface area (Å²) in [6.07, 6.45) is 0.239. The molecule has 19 heavy (non-hydrogen) atoms. The third-order valence-electron chi connectivity index (χ3n) is 3.03. The predicted molar refractivity (Wildman–Crippen MR) is 74.1 cm³/mol. The van der Waals surface area contributed by atoms with Gasteiger partial charge in [0.15, 0.2) is 0 Å². The van der Waals surface area contributed by atoms with Crippen molar-refractivity contribution >= 4 is 29.1 Å². The summed E-state index contributed by atoms with van der Waals surface area (Å²) in [6, 6.07) is 3.31. The number of carbonyl (C=O) groups is 1. The Kier molecular flexibility index (Phi) is 4.91. The number of hydrogen-bond donors (Lipinski definition) is 0. The van der Waals surface area contributed by atoms with Gasteiger partial charge in [-0.25, -0.2) is 0 Å². The fraction of sp³-hybridized carbons (Fsp3) is 0.462. The standard InChI is InChI=1S/C13H15Cl2NO3/c1-18-12-8-10(14)9(6-11(12)15)7-13(17)16-2-4-19-5-3-16/h6,8H,2-5,7H2,1H3. The first-order valence-corrected chi connectivity index (χ1v) is 6.75. The lowest BCUT2D eigenvalue weighted by Crippen LogP contribution is -2.41. The zero-order valence-corrected chi connectivity index (χ0v) is 12.1. The minimum atomic E-state index is 0.0337. The third-order valence-corrected chi connectivity index (χ3v) is 3.67. The van der Waals surface area contributed by atoms with E-state index in [1.807, 2.05) is 0 Å². The molecule has 0 spiro atoms. The molecule has 1 aliphatic rings. The summed E-state index contributed by atoms with van der Waals surface area (Å²) in [7, 11) is 1.52. The van der Waals surface area contributed by atoms with Crippen LogP contribution < -0.4 is 4.74 Å². The fourth-order valence-electron chi connectivity index (χ4n) is 1.95. The van der Waals surface area contributed by atoms with E-state index in [0.29, 0.717) is 47.7 Å². The van der Waals surface area contributed by atoms with Crippen molar-refractivity contribution < 1.29 is 14.3 Å². The Morgan fingerprint density at radius 3 is 2.63 bits per heavy atom. The molecular formula is C13H15Cl2NO3. The molecule has 1 fully saturated rings. The smallest absolute Gasteiger partial charge is 0.227 e. The second kappa shape index (κ2) is 6.46. The number of hydrogen-bond acceptors (Lipinski definition) is 3.